The number of nitrogens with one attached hydrogen (secondary N) is 1. The third-order valence-electron chi connectivity index (χ3n) is 2.50. The molecule has 100 valence electrons. The van der Waals surface area contributed by atoms with Crippen molar-refractivity contribution in [3.8, 4) is 0 Å². The summed E-state index contributed by atoms with van der Waals surface area (Å²) in [5, 5.41) is 2.34. The molecule has 0 saturated heterocycles. The predicted octanol–water partition coefficient (Wildman–Crippen LogP) is 2.50. The molecule has 1 amide bonds. The Morgan fingerprint density at radius 2 is 1.95 bits per heavy atom. The first kappa shape index (κ1) is 13.3. The Kier molecular flexibility index (Phi) is 3.39. The lowest BCUT2D eigenvalue weighted by Gasteiger charge is -2.07. The molecule has 0 bridgehead atoms. The van der Waals surface area contributed by atoms with Crippen LogP contribution in [0, 0.1) is 6.92 Å². The van der Waals surface area contributed by atoms with Gasteiger partial charge in [-0.2, -0.15) is 8.42 Å². The van der Waals surface area contributed by atoms with Crippen molar-refractivity contribution in [2.45, 2.75) is 11.8 Å². The maximum atomic E-state index is 13.1. The predicted molar refractivity (Wildman–Crippen MR) is 66.1 cm³/mol. The second-order valence-electron chi connectivity index (χ2n) is 3.78. The smallest absolute Gasteiger partial charge is 0.334 e. The van der Waals surface area contributed by atoms with E-state index in [1.807, 2.05) is 0 Å². The number of para-hydroxylation sites is 1. The number of halogens is 1. The van der Waals surface area contributed by atoms with E-state index in [0.717, 1.165) is 6.07 Å². The highest BCUT2D eigenvalue weighted by molar-refractivity contribution is 7.86. The average molecular weight is 283 g/mol. The van der Waals surface area contributed by atoms with E-state index >= 15 is 0 Å². The molecule has 2 rings (SSSR count). The van der Waals surface area contributed by atoms with E-state index in [1.165, 1.54) is 30.5 Å². The van der Waals surface area contributed by atoms with Crippen molar-refractivity contribution in [3.05, 3.63) is 47.9 Å². The summed E-state index contributed by atoms with van der Waals surface area (Å²) in [5.41, 5.74) is 0.140. The zero-order valence-corrected chi connectivity index (χ0v) is 10.7. The molecule has 0 spiro atoms. The van der Waals surface area contributed by atoms with E-state index in [9.17, 15) is 17.1 Å². The van der Waals surface area contributed by atoms with E-state index in [-0.39, 0.29) is 11.3 Å². The molecule has 7 heteroatoms. The lowest BCUT2D eigenvalue weighted by molar-refractivity contribution is 0.102. The van der Waals surface area contributed by atoms with Crippen LogP contribution in [0.1, 0.15) is 16.1 Å². The van der Waals surface area contributed by atoms with E-state index < -0.39 is 21.0 Å². The van der Waals surface area contributed by atoms with Gasteiger partial charge in [0.05, 0.1) is 17.5 Å². The molecule has 0 fully saturated rings. The van der Waals surface area contributed by atoms with Gasteiger partial charge in [0, 0.05) is 0 Å². The third kappa shape index (κ3) is 2.82. The second kappa shape index (κ2) is 4.85. The Balaban J connectivity index is 2.35. The van der Waals surface area contributed by atoms with Gasteiger partial charge in [-0.1, -0.05) is 12.1 Å². The van der Waals surface area contributed by atoms with Crippen molar-refractivity contribution in [1.29, 1.82) is 0 Å². The van der Waals surface area contributed by atoms with Crippen LogP contribution in [0.2, 0.25) is 0 Å². The molecular formula is C12H10FNO4S. The summed E-state index contributed by atoms with van der Waals surface area (Å²) >= 11 is 0. The van der Waals surface area contributed by atoms with Gasteiger partial charge >= 0.3 is 10.2 Å². The topological polar surface area (TPSA) is 76.4 Å². The lowest BCUT2D eigenvalue weighted by Crippen LogP contribution is -2.14. The van der Waals surface area contributed by atoms with Gasteiger partial charge in [0.2, 0.25) is 0 Å². The fourth-order valence-electron chi connectivity index (χ4n) is 1.59. The zero-order chi connectivity index (χ0) is 14.0. The van der Waals surface area contributed by atoms with Crippen molar-refractivity contribution in [1.82, 2.24) is 0 Å². The summed E-state index contributed by atoms with van der Waals surface area (Å²) < 4.78 is 39.9. The summed E-state index contributed by atoms with van der Waals surface area (Å²) in [5.74, 6) is -0.180. The summed E-state index contributed by atoms with van der Waals surface area (Å²) in [6, 6.07) is 6.68. The third-order valence-corrected chi connectivity index (χ3v) is 3.38. The SMILES string of the molecule is Cc1occc1C(=O)Nc1ccccc1S(=O)(=O)F. The quantitative estimate of drug-likeness (QED) is 0.878. The van der Waals surface area contributed by atoms with Crippen molar-refractivity contribution in [2.24, 2.45) is 0 Å². The zero-order valence-electron chi connectivity index (χ0n) is 9.88. The fourth-order valence-corrected chi connectivity index (χ4v) is 2.22. The van der Waals surface area contributed by atoms with Gasteiger partial charge in [0.25, 0.3) is 5.91 Å². The van der Waals surface area contributed by atoms with Gasteiger partial charge in [-0.3, -0.25) is 4.79 Å². The first-order chi connectivity index (χ1) is 8.89. The molecule has 0 radical (unpaired) electrons. The van der Waals surface area contributed by atoms with Crippen molar-refractivity contribution in [2.75, 3.05) is 5.32 Å². The summed E-state index contributed by atoms with van der Waals surface area (Å²) in [6.45, 7) is 1.59. The number of carbonyl (C=O) groups excluding carboxylic acids is 1. The average Bonchev–Trinajstić information content (AvgIpc) is 2.75. The molecule has 2 aromatic rings. The Hall–Kier alpha value is -2.15. The number of amides is 1. The van der Waals surface area contributed by atoms with Crippen molar-refractivity contribution in [3.63, 3.8) is 0 Å². The summed E-state index contributed by atoms with van der Waals surface area (Å²) in [7, 11) is -4.90. The number of carbonyl (C=O) groups is 1. The number of furan rings is 1. The molecule has 1 heterocycles. The Morgan fingerprint density at radius 1 is 1.26 bits per heavy atom. The minimum atomic E-state index is -4.90. The molecule has 0 atom stereocenters. The Labute approximate surface area is 109 Å². The molecule has 0 aliphatic heterocycles. The lowest BCUT2D eigenvalue weighted by atomic mass is 10.2. The number of benzene rings is 1. The maximum Gasteiger partial charge on any atom is 0.334 e. The molecule has 5 nitrogen and oxygen atoms in total. The Morgan fingerprint density at radius 3 is 2.53 bits per heavy atom. The maximum absolute atomic E-state index is 13.1. The minimum absolute atomic E-state index is 0.115. The standard InChI is InChI=1S/C12H10FNO4S/c1-8-9(6-7-18-8)12(15)14-10-4-2-3-5-11(10)19(13,16)17/h2-7H,1H3,(H,14,15). The van der Waals surface area contributed by atoms with Gasteiger partial charge < -0.3 is 9.73 Å². The number of hydrogen-bond acceptors (Lipinski definition) is 4. The van der Waals surface area contributed by atoms with Crippen LogP contribution >= 0.6 is 0 Å². The first-order valence-corrected chi connectivity index (χ1v) is 6.67. The van der Waals surface area contributed by atoms with E-state index in [1.54, 1.807) is 6.92 Å². The van der Waals surface area contributed by atoms with Crippen LogP contribution in [-0.4, -0.2) is 14.3 Å². The van der Waals surface area contributed by atoms with Crippen LogP contribution < -0.4 is 5.32 Å². The Bertz CT molecular complexity index is 721. The highest BCUT2D eigenvalue weighted by atomic mass is 32.3. The highest BCUT2D eigenvalue weighted by Crippen LogP contribution is 2.23. The molecule has 0 saturated carbocycles. The molecule has 1 aromatic carbocycles. The van der Waals surface area contributed by atoms with Crippen LogP contribution in [0.5, 0.6) is 0 Å². The van der Waals surface area contributed by atoms with Crippen molar-refractivity contribution < 1.29 is 21.5 Å². The molecule has 1 N–H and O–H groups in total. The number of aryl methyl sites for hydroxylation is 1. The molecule has 0 unspecified atom stereocenters. The van der Waals surface area contributed by atoms with Crippen LogP contribution in [-0.2, 0) is 10.2 Å². The molecule has 0 aliphatic rings. The van der Waals surface area contributed by atoms with E-state index in [4.69, 9.17) is 4.42 Å². The monoisotopic (exact) mass is 283 g/mol. The van der Waals surface area contributed by atoms with E-state index in [2.05, 4.69) is 5.32 Å². The molecule has 1 aromatic heterocycles. The van der Waals surface area contributed by atoms with Crippen LogP contribution in [0.25, 0.3) is 0 Å². The molecule has 0 aliphatic carbocycles. The van der Waals surface area contributed by atoms with Gasteiger partial charge in [0.15, 0.2) is 0 Å². The fraction of sp³-hybridized carbons (Fsp3) is 0.0833. The second-order valence-corrected chi connectivity index (χ2v) is 5.09. The minimum Gasteiger partial charge on any atom is -0.469 e. The number of rotatable bonds is 3. The number of anilines is 1. The van der Waals surface area contributed by atoms with Crippen LogP contribution in [0.15, 0.2) is 45.9 Å². The normalized spacial score (nSPS) is 11.3. The van der Waals surface area contributed by atoms with Gasteiger partial charge in [-0.25, -0.2) is 0 Å². The number of hydrogen-bond donors (Lipinski definition) is 1. The highest BCUT2D eigenvalue weighted by Gasteiger charge is 2.19. The molecule has 19 heavy (non-hydrogen) atoms. The van der Waals surface area contributed by atoms with Gasteiger partial charge in [0.1, 0.15) is 10.7 Å². The van der Waals surface area contributed by atoms with Gasteiger partial charge in [-0.05, 0) is 25.1 Å². The van der Waals surface area contributed by atoms with Crippen LogP contribution in [0.4, 0.5) is 9.57 Å². The summed E-state index contributed by atoms with van der Waals surface area (Å²) in [4.78, 5) is 11.3. The molecular weight excluding hydrogens is 273 g/mol. The van der Waals surface area contributed by atoms with E-state index in [0.29, 0.717) is 5.76 Å². The summed E-state index contributed by atoms with van der Waals surface area (Å²) in [6.07, 6.45) is 1.34. The first-order valence-electron chi connectivity index (χ1n) is 5.29. The van der Waals surface area contributed by atoms with Crippen LogP contribution in [0.3, 0.4) is 0 Å². The van der Waals surface area contributed by atoms with Gasteiger partial charge in [-0.15, -0.1) is 3.89 Å². The van der Waals surface area contributed by atoms with Crippen molar-refractivity contribution >= 4 is 21.8 Å². The largest absolute Gasteiger partial charge is 0.469 e.